The minimum atomic E-state index is -0.467. The van der Waals surface area contributed by atoms with E-state index in [0.717, 1.165) is 39.8 Å². The van der Waals surface area contributed by atoms with Crippen molar-refractivity contribution < 1.29 is 14.0 Å². The minimum absolute atomic E-state index is 0.0461. The van der Waals surface area contributed by atoms with Gasteiger partial charge in [0.1, 0.15) is 17.3 Å². The Morgan fingerprint density at radius 3 is 1.68 bits per heavy atom. The molecule has 5 heteroatoms. The van der Waals surface area contributed by atoms with E-state index in [9.17, 15) is 9.59 Å². The molecule has 0 fully saturated rings. The SMILES string of the molecule is CC(C)(C)c1ccc(N(c2ccc(C(C)(C)C)cc2)c2ccc3c(n2)C(C)(C)c2cc(C=C4C(=O)c5ccccc5C4=O)oc2-3)cc1. The van der Waals surface area contributed by atoms with E-state index in [1.807, 2.05) is 12.1 Å². The van der Waals surface area contributed by atoms with E-state index in [4.69, 9.17) is 9.40 Å². The van der Waals surface area contributed by atoms with Crippen molar-refractivity contribution in [1.82, 2.24) is 4.98 Å². The summed E-state index contributed by atoms with van der Waals surface area (Å²) >= 11 is 0. The number of ketones is 2. The summed E-state index contributed by atoms with van der Waals surface area (Å²) in [7, 11) is 0. The van der Waals surface area contributed by atoms with Gasteiger partial charge in [-0.2, -0.15) is 0 Å². The molecular formula is C42H40N2O3. The molecule has 2 aliphatic carbocycles. The van der Waals surface area contributed by atoms with Crippen LogP contribution in [0.3, 0.4) is 0 Å². The van der Waals surface area contributed by atoms with Crippen molar-refractivity contribution in [2.75, 3.05) is 4.90 Å². The van der Waals surface area contributed by atoms with Crippen molar-refractivity contribution in [1.29, 1.82) is 0 Å². The highest BCUT2D eigenvalue weighted by molar-refractivity contribution is 6.41. The van der Waals surface area contributed by atoms with Crippen molar-refractivity contribution in [3.63, 3.8) is 0 Å². The van der Waals surface area contributed by atoms with Crippen LogP contribution in [0.5, 0.6) is 0 Å². The van der Waals surface area contributed by atoms with Crippen LogP contribution in [0.1, 0.15) is 104 Å². The number of Topliss-reactive ketones (excluding diaryl/α,β-unsaturated/α-hetero) is 2. The fourth-order valence-electron chi connectivity index (χ4n) is 6.69. The zero-order chi connectivity index (χ0) is 33.5. The Morgan fingerprint density at radius 2 is 1.19 bits per heavy atom. The van der Waals surface area contributed by atoms with Gasteiger partial charge in [0, 0.05) is 39.0 Å². The van der Waals surface area contributed by atoms with Crippen LogP contribution in [-0.4, -0.2) is 16.6 Å². The minimum Gasteiger partial charge on any atom is -0.456 e. The molecule has 3 aromatic carbocycles. The molecule has 2 heterocycles. The number of benzene rings is 3. The molecular weight excluding hydrogens is 580 g/mol. The molecule has 0 amide bonds. The van der Waals surface area contributed by atoms with Gasteiger partial charge in [-0.05, 0) is 84.3 Å². The van der Waals surface area contributed by atoms with Gasteiger partial charge in [-0.15, -0.1) is 0 Å². The van der Waals surface area contributed by atoms with E-state index < -0.39 is 5.41 Å². The highest BCUT2D eigenvalue weighted by atomic mass is 16.3. The number of hydrogen-bond donors (Lipinski definition) is 0. The maximum absolute atomic E-state index is 13.0. The maximum atomic E-state index is 13.0. The summed E-state index contributed by atoms with van der Waals surface area (Å²) in [4.78, 5) is 33.6. The standard InChI is InChI=1S/C42H40N2O3/c1-40(2,3)25-13-17-27(18-14-25)44(28-19-15-26(16-20-28)41(4,5)6)35-22-21-32-38-34(42(7,8)39(32)43-35)24-29(47-38)23-33-36(45)30-11-9-10-12-31(30)37(33)46/h9-24H,1-8H3. The Kier molecular flexibility index (Phi) is 6.84. The van der Waals surface area contributed by atoms with E-state index in [1.165, 1.54) is 11.1 Å². The van der Waals surface area contributed by atoms with Gasteiger partial charge in [-0.1, -0.05) is 90.1 Å². The number of hydrogen-bond acceptors (Lipinski definition) is 5. The molecule has 5 nitrogen and oxygen atoms in total. The Hall–Kier alpha value is -5.03. The monoisotopic (exact) mass is 620 g/mol. The van der Waals surface area contributed by atoms with E-state index in [1.54, 1.807) is 30.3 Å². The average molecular weight is 621 g/mol. The number of fused-ring (bicyclic) bond motifs is 4. The predicted molar refractivity (Wildman–Crippen MR) is 189 cm³/mol. The van der Waals surface area contributed by atoms with Crippen LogP contribution in [0.25, 0.3) is 17.4 Å². The van der Waals surface area contributed by atoms with E-state index >= 15 is 0 Å². The normalized spacial score (nSPS) is 15.0. The van der Waals surface area contributed by atoms with Gasteiger partial charge in [0.05, 0.1) is 11.3 Å². The number of rotatable bonds is 4. The number of allylic oxidation sites excluding steroid dienone is 1. The number of pyridine rings is 1. The van der Waals surface area contributed by atoms with E-state index in [0.29, 0.717) is 16.9 Å². The van der Waals surface area contributed by atoms with E-state index in [2.05, 4.69) is 115 Å². The summed E-state index contributed by atoms with van der Waals surface area (Å²) in [5.74, 6) is 1.50. The number of aromatic nitrogens is 1. The fourth-order valence-corrected chi connectivity index (χ4v) is 6.69. The van der Waals surface area contributed by atoms with E-state index in [-0.39, 0.29) is 28.0 Å². The fraction of sp³-hybridized carbons (Fsp3) is 0.262. The second-order valence-electron chi connectivity index (χ2n) is 15.3. The summed E-state index contributed by atoms with van der Waals surface area (Å²) in [6.07, 6.45) is 1.59. The lowest BCUT2D eigenvalue weighted by atomic mass is 9.86. The molecule has 0 atom stereocenters. The molecule has 7 rings (SSSR count). The first-order valence-corrected chi connectivity index (χ1v) is 16.2. The second kappa shape index (κ2) is 10.5. The zero-order valence-electron chi connectivity index (χ0n) is 28.4. The number of nitrogens with zero attached hydrogens (tertiary/aromatic N) is 2. The molecule has 0 N–H and O–H groups in total. The predicted octanol–water partition coefficient (Wildman–Crippen LogP) is 10.5. The number of carbonyl (C=O) groups excluding carboxylic acids is 2. The first kappa shape index (κ1) is 30.6. The topological polar surface area (TPSA) is 63.4 Å². The molecule has 236 valence electrons. The highest BCUT2D eigenvalue weighted by Gasteiger charge is 2.41. The molecule has 0 saturated heterocycles. The molecule has 0 radical (unpaired) electrons. The van der Waals surface area contributed by atoms with Crippen LogP contribution in [-0.2, 0) is 16.2 Å². The highest BCUT2D eigenvalue weighted by Crippen LogP contribution is 2.51. The smallest absolute Gasteiger partial charge is 0.197 e. The summed E-state index contributed by atoms with van der Waals surface area (Å²) in [5.41, 5.74) is 8.06. The molecule has 0 bridgehead atoms. The third kappa shape index (κ3) is 5.05. The van der Waals surface area contributed by atoms with Crippen LogP contribution in [0.2, 0.25) is 0 Å². The number of anilines is 3. The quantitative estimate of drug-likeness (QED) is 0.148. The Balaban J connectivity index is 1.29. The lowest BCUT2D eigenvalue weighted by molar-refractivity contribution is 0.0990. The van der Waals surface area contributed by atoms with Crippen molar-refractivity contribution in [2.45, 2.75) is 71.6 Å². The Bertz CT molecular complexity index is 2000. The van der Waals surface area contributed by atoms with Gasteiger partial charge >= 0.3 is 0 Å². The molecule has 0 saturated carbocycles. The maximum Gasteiger partial charge on any atom is 0.197 e. The summed E-state index contributed by atoms with van der Waals surface area (Å²) in [5, 5.41) is 0. The molecule has 0 unspecified atom stereocenters. The van der Waals surface area contributed by atoms with Gasteiger partial charge in [-0.3, -0.25) is 14.5 Å². The largest absolute Gasteiger partial charge is 0.456 e. The van der Waals surface area contributed by atoms with Crippen molar-refractivity contribution in [3.8, 4) is 11.3 Å². The molecule has 5 aromatic rings. The van der Waals surface area contributed by atoms with Crippen LogP contribution in [0.4, 0.5) is 17.2 Å². The first-order chi connectivity index (χ1) is 22.1. The Morgan fingerprint density at radius 1 is 0.681 bits per heavy atom. The Labute approximate surface area is 277 Å². The molecule has 2 aromatic heterocycles. The van der Waals surface area contributed by atoms with Crippen molar-refractivity contribution >= 4 is 34.8 Å². The summed E-state index contributed by atoms with van der Waals surface area (Å²) in [6, 6.07) is 30.5. The molecule has 0 spiro atoms. The zero-order valence-corrected chi connectivity index (χ0v) is 28.4. The number of furan rings is 1. The number of carbonyl (C=O) groups is 2. The van der Waals surface area contributed by atoms with Crippen LogP contribution in [0, 0.1) is 0 Å². The van der Waals surface area contributed by atoms with Crippen LogP contribution < -0.4 is 4.90 Å². The third-order valence-electron chi connectivity index (χ3n) is 9.55. The van der Waals surface area contributed by atoms with Crippen molar-refractivity contribution in [2.24, 2.45) is 0 Å². The first-order valence-electron chi connectivity index (χ1n) is 16.2. The second-order valence-corrected chi connectivity index (χ2v) is 15.3. The van der Waals surface area contributed by atoms with Crippen molar-refractivity contribution in [3.05, 3.63) is 136 Å². The van der Waals surface area contributed by atoms with Crippen LogP contribution in [0.15, 0.2) is 101 Å². The van der Waals surface area contributed by atoms with Gasteiger partial charge in [-0.25, -0.2) is 4.98 Å². The summed E-state index contributed by atoms with van der Waals surface area (Å²) in [6.45, 7) is 17.6. The lowest BCUT2D eigenvalue weighted by Crippen LogP contribution is -2.19. The lowest BCUT2D eigenvalue weighted by Gasteiger charge is -2.28. The molecule has 47 heavy (non-hydrogen) atoms. The molecule has 0 aliphatic heterocycles. The molecule has 2 aliphatic rings. The third-order valence-corrected chi connectivity index (χ3v) is 9.55. The van der Waals surface area contributed by atoms with Gasteiger partial charge in [0.2, 0.25) is 0 Å². The van der Waals surface area contributed by atoms with Crippen LogP contribution >= 0.6 is 0 Å². The van der Waals surface area contributed by atoms with Gasteiger partial charge in [0.25, 0.3) is 0 Å². The average Bonchev–Trinajstić information content (AvgIpc) is 3.63. The summed E-state index contributed by atoms with van der Waals surface area (Å²) < 4.78 is 6.37. The van der Waals surface area contributed by atoms with Gasteiger partial charge in [0.15, 0.2) is 11.6 Å². The van der Waals surface area contributed by atoms with Gasteiger partial charge < -0.3 is 4.42 Å².